The van der Waals surface area contributed by atoms with Gasteiger partial charge in [0.25, 0.3) is 5.91 Å². The molecule has 2 aromatic rings. The number of nitrogens with one attached hydrogen (secondary N) is 1. The van der Waals surface area contributed by atoms with Gasteiger partial charge in [-0.25, -0.2) is 0 Å². The molecule has 1 aliphatic heterocycles. The zero-order valence-electron chi connectivity index (χ0n) is 17.5. The van der Waals surface area contributed by atoms with Crippen molar-refractivity contribution in [3.05, 3.63) is 71.8 Å². The molecule has 5 rings (SSSR count). The summed E-state index contributed by atoms with van der Waals surface area (Å²) in [4.78, 5) is 15.9. The third kappa shape index (κ3) is 3.67. The standard InChI is InChI=1S/C26H32N2O2/c29-25(26(30,20-12-6-2-7-13-20)21-14-8-3-9-15-21)27-24-22-17-28(18-23(22)24)16-19-10-4-1-5-11-19/h1-2,4-7,10-13,21-24,30H,3,8-9,14-18H2,(H,27,29)/t22-,23?,24+,26?/m0/s1. The quantitative estimate of drug-likeness (QED) is 0.772. The lowest BCUT2D eigenvalue weighted by Crippen LogP contribution is -2.51. The number of piperidine rings is 1. The van der Waals surface area contributed by atoms with Crippen molar-refractivity contribution < 1.29 is 9.90 Å². The number of benzene rings is 2. The summed E-state index contributed by atoms with van der Waals surface area (Å²) in [6.45, 7) is 3.03. The van der Waals surface area contributed by atoms with Crippen molar-refractivity contribution >= 4 is 5.91 Å². The maximum atomic E-state index is 13.4. The number of rotatable bonds is 6. The summed E-state index contributed by atoms with van der Waals surface area (Å²) in [6, 6.07) is 20.4. The lowest BCUT2D eigenvalue weighted by atomic mass is 9.73. The van der Waals surface area contributed by atoms with Crippen LogP contribution in [0.3, 0.4) is 0 Å². The first kappa shape index (κ1) is 19.8. The van der Waals surface area contributed by atoms with Gasteiger partial charge >= 0.3 is 0 Å². The van der Waals surface area contributed by atoms with E-state index in [1.54, 1.807) is 0 Å². The first-order valence-electron chi connectivity index (χ1n) is 11.5. The predicted molar refractivity (Wildman–Crippen MR) is 118 cm³/mol. The number of hydrogen-bond donors (Lipinski definition) is 2. The van der Waals surface area contributed by atoms with Gasteiger partial charge in [-0.15, -0.1) is 0 Å². The van der Waals surface area contributed by atoms with Crippen molar-refractivity contribution in [2.45, 2.75) is 50.3 Å². The van der Waals surface area contributed by atoms with E-state index in [1.807, 2.05) is 30.3 Å². The van der Waals surface area contributed by atoms with E-state index >= 15 is 0 Å². The summed E-state index contributed by atoms with van der Waals surface area (Å²) in [6.07, 6.45) is 5.22. The highest BCUT2D eigenvalue weighted by atomic mass is 16.3. The molecular weight excluding hydrogens is 372 g/mol. The monoisotopic (exact) mass is 404 g/mol. The third-order valence-corrected chi connectivity index (χ3v) is 7.57. The molecule has 0 radical (unpaired) electrons. The van der Waals surface area contributed by atoms with E-state index in [0.29, 0.717) is 11.8 Å². The fourth-order valence-electron chi connectivity index (χ4n) is 5.82. The molecule has 4 atom stereocenters. The van der Waals surface area contributed by atoms with E-state index in [4.69, 9.17) is 0 Å². The molecule has 0 spiro atoms. The average molecular weight is 405 g/mol. The Labute approximate surface area is 179 Å². The van der Waals surface area contributed by atoms with Crippen molar-refractivity contribution in [2.75, 3.05) is 13.1 Å². The van der Waals surface area contributed by atoms with Gasteiger partial charge in [0, 0.05) is 31.6 Å². The molecule has 1 amide bonds. The molecule has 2 unspecified atom stereocenters. The van der Waals surface area contributed by atoms with E-state index in [2.05, 4.69) is 40.5 Å². The number of aliphatic hydroxyl groups is 1. The summed E-state index contributed by atoms with van der Waals surface area (Å²) < 4.78 is 0. The van der Waals surface area contributed by atoms with E-state index in [1.165, 1.54) is 12.0 Å². The smallest absolute Gasteiger partial charge is 0.257 e. The summed E-state index contributed by atoms with van der Waals surface area (Å²) in [5, 5.41) is 15.0. The molecule has 1 heterocycles. The molecular formula is C26H32N2O2. The Morgan fingerprint density at radius 2 is 1.53 bits per heavy atom. The van der Waals surface area contributed by atoms with Crippen LogP contribution in [0.1, 0.15) is 43.2 Å². The second-order valence-corrected chi connectivity index (χ2v) is 9.47. The number of carbonyl (C=O) groups is 1. The maximum absolute atomic E-state index is 13.4. The number of nitrogens with zero attached hydrogens (tertiary/aromatic N) is 1. The normalized spacial score (nSPS) is 28.5. The fraction of sp³-hybridized carbons (Fsp3) is 0.500. The Kier molecular flexibility index (Phi) is 5.38. The van der Waals surface area contributed by atoms with E-state index < -0.39 is 5.60 Å². The van der Waals surface area contributed by atoms with E-state index in [9.17, 15) is 9.90 Å². The molecule has 2 N–H and O–H groups in total. The summed E-state index contributed by atoms with van der Waals surface area (Å²) in [5.41, 5.74) is 0.670. The van der Waals surface area contributed by atoms with Crippen LogP contribution in [0.4, 0.5) is 0 Å². The first-order chi connectivity index (χ1) is 14.7. The molecule has 1 saturated heterocycles. The predicted octanol–water partition coefficient (Wildman–Crippen LogP) is 3.70. The van der Waals surface area contributed by atoms with Gasteiger partial charge in [-0.05, 0) is 35.8 Å². The number of fused-ring (bicyclic) bond motifs is 1. The molecule has 2 aromatic carbocycles. The molecule has 4 nitrogen and oxygen atoms in total. The molecule has 0 bridgehead atoms. The summed E-state index contributed by atoms with van der Waals surface area (Å²) >= 11 is 0. The van der Waals surface area contributed by atoms with Crippen molar-refractivity contribution in [3.63, 3.8) is 0 Å². The number of carbonyl (C=O) groups excluding carboxylic acids is 1. The molecule has 2 aliphatic carbocycles. The Morgan fingerprint density at radius 3 is 2.17 bits per heavy atom. The van der Waals surface area contributed by atoms with Crippen LogP contribution in [0.5, 0.6) is 0 Å². The highest BCUT2D eigenvalue weighted by Gasteiger charge is 2.58. The van der Waals surface area contributed by atoms with Crippen LogP contribution in [0.25, 0.3) is 0 Å². The van der Waals surface area contributed by atoms with Crippen molar-refractivity contribution in [1.29, 1.82) is 0 Å². The molecule has 158 valence electrons. The highest BCUT2D eigenvalue weighted by molar-refractivity contribution is 5.87. The number of hydrogen-bond acceptors (Lipinski definition) is 3. The molecule has 0 aromatic heterocycles. The largest absolute Gasteiger partial charge is 0.375 e. The molecule has 30 heavy (non-hydrogen) atoms. The lowest BCUT2D eigenvalue weighted by Gasteiger charge is -2.38. The first-order valence-corrected chi connectivity index (χ1v) is 11.5. The van der Waals surface area contributed by atoms with Gasteiger partial charge in [0.15, 0.2) is 5.60 Å². The maximum Gasteiger partial charge on any atom is 0.257 e. The Hall–Kier alpha value is -2.17. The second kappa shape index (κ2) is 8.16. The molecule has 2 saturated carbocycles. The fourth-order valence-corrected chi connectivity index (χ4v) is 5.82. The minimum Gasteiger partial charge on any atom is -0.375 e. The molecule has 3 fully saturated rings. The van der Waals surface area contributed by atoms with Crippen molar-refractivity contribution in [3.8, 4) is 0 Å². The molecule has 4 heteroatoms. The van der Waals surface area contributed by atoms with Gasteiger partial charge in [0.1, 0.15) is 0 Å². The second-order valence-electron chi connectivity index (χ2n) is 9.47. The zero-order chi connectivity index (χ0) is 20.6. The minimum atomic E-state index is -1.41. The van der Waals surface area contributed by atoms with Gasteiger partial charge in [-0.2, -0.15) is 0 Å². The molecule has 3 aliphatic rings. The number of likely N-dealkylation sites (tertiary alicyclic amines) is 1. The van der Waals surface area contributed by atoms with Gasteiger partial charge in [0.05, 0.1) is 0 Å². The Bertz CT molecular complexity index is 853. The lowest BCUT2D eigenvalue weighted by molar-refractivity contribution is -0.149. The Morgan fingerprint density at radius 1 is 0.933 bits per heavy atom. The third-order valence-electron chi connectivity index (χ3n) is 7.57. The van der Waals surface area contributed by atoms with Crippen LogP contribution < -0.4 is 5.32 Å². The highest BCUT2D eigenvalue weighted by Crippen LogP contribution is 2.47. The van der Waals surface area contributed by atoms with Gasteiger partial charge < -0.3 is 10.4 Å². The van der Waals surface area contributed by atoms with Crippen LogP contribution in [-0.4, -0.2) is 35.0 Å². The zero-order valence-corrected chi connectivity index (χ0v) is 17.5. The minimum absolute atomic E-state index is 0.00168. The average Bonchev–Trinajstić information content (AvgIpc) is 3.24. The van der Waals surface area contributed by atoms with Gasteiger partial charge in [-0.3, -0.25) is 9.69 Å². The Balaban J connectivity index is 1.24. The summed E-state index contributed by atoms with van der Waals surface area (Å²) in [5.74, 6) is 0.851. The van der Waals surface area contributed by atoms with Crippen molar-refractivity contribution in [1.82, 2.24) is 10.2 Å². The SMILES string of the molecule is O=C(N[C@H]1C2CN(Cc3ccccc3)C[C@@H]21)C(O)(c1ccccc1)C1CCCCC1. The van der Waals surface area contributed by atoms with E-state index in [-0.39, 0.29) is 17.9 Å². The van der Waals surface area contributed by atoms with Crippen LogP contribution in [-0.2, 0) is 16.9 Å². The van der Waals surface area contributed by atoms with Gasteiger partial charge in [-0.1, -0.05) is 79.9 Å². The van der Waals surface area contributed by atoms with E-state index in [0.717, 1.165) is 50.9 Å². The van der Waals surface area contributed by atoms with Crippen LogP contribution in [0, 0.1) is 17.8 Å². The number of amides is 1. The van der Waals surface area contributed by atoms with Crippen LogP contribution in [0.15, 0.2) is 60.7 Å². The van der Waals surface area contributed by atoms with Gasteiger partial charge in [0.2, 0.25) is 0 Å². The van der Waals surface area contributed by atoms with Crippen LogP contribution >= 0.6 is 0 Å². The topological polar surface area (TPSA) is 52.6 Å². The van der Waals surface area contributed by atoms with Crippen molar-refractivity contribution in [2.24, 2.45) is 17.8 Å². The van der Waals surface area contributed by atoms with Crippen LogP contribution in [0.2, 0.25) is 0 Å². The summed E-state index contributed by atoms with van der Waals surface area (Å²) in [7, 11) is 0.